The average molecular weight is 375 g/mol. The minimum absolute atomic E-state index is 0.0308. The second-order valence-electron chi connectivity index (χ2n) is 7.19. The molecular formula is C19H26N4O2S. The molecule has 0 fully saturated rings. The van der Waals surface area contributed by atoms with Crippen LogP contribution in [-0.4, -0.2) is 40.6 Å². The van der Waals surface area contributed by atoms with Crippen LogP contribution in [0.25, 0.3) is 0 Å². The van der Waals surface area contributed by atoms with E-state index in [9.17, 15) is 9.59 Å². The number of aromatic nitrogens is 2. The van der Waals surface area contributed by atoms with Gasteiger partial charge in [-0.05, 0) is 44.7 Å². The first kappa shape index (κ1) is 18.6. The maximum atomic E-state index is 12.6. The molecule has 0 radical (unpaired) electrons. The van der Waals surface area contributed by atoms with Crippen LogP contribution in [0.1, 0.15) is 43.5 Å². The van der Waals surface area contributed by atoms with Gasteiger partial charge in [-0.3, -0.25) is 14.3 Å². The van der Waals surface area contributed by atoms with Crippen molar-refractivity contribution in [2.24, 2.45) is 13.0 Å². The molecule has 0 aliphatic heterocycles. The highest BCUT2D eigenvalue weighted by Gasteiger charge is 2.28. The summed E-state index contributed by atoms with van der Waals surface area (Å²) < 4.78 is 1.85. The van der Waals surface area contributed by atoms with Crippen LogP contribution in [0.3, 0.4) is 0 Å². The molecule has 1 aliphatic carbocycles. The van der Waals surface area contributed by atoms with E-state index in [1.54, 1.807) is 30.3 Å². The van der Waals surface area contributed by atoms with Crippen molar-refractivity contribution >= 4 is 23.2 Å². The van der Waals surface area contributed by atoms with E-state index in [1.807, 2.05) is 31.6 Å². The number of rotatable bonds is 4. The molecule has 0 saturated heterocycles. The lowest BCUT2D eigenvalue weighted by molar-refractivity contribution is -0.125. The van der Waals surface area contributed by atoms with E-state index in [2.05, 4.69) is 10.4 Å². The summed E-state index contributed by atoms with van der Waals surface area (Å²) >= 11 is 1.57. The minimum Gasteiger partial charge on any atom is -0.352 e. The molecule has 0 aromatic carbocycles. The van der Waals surface area contributed by atoms with Crippen molar-refractivity contribution in [1.82, 2.24) is 20.0 Å². The van der Waals surface area contributed by atoms with E-state index < -0.39 is 0 Å². The summed E-state index contributed by atoms with van der Waals surface area (Å²) in [5.74, 6) is 0.0922. The summed E-state index contributed by atoms with van der Waals surface area (Å²) in [5, 5.41) is 7.47. The van der Waals surface area contributed by atoms with Gasteiger partial charge in [0.25, 0.3) is 5.91 Å². The maximum Gasteiger partial charge on any atom is 0.263 e. The van der Waals surface area contributed by atoms with Gasteiger partial charge < -0.3 is 10.2 Å². The second-order valence-corrected chi connectivity index (χ2v) is 8.33. The van der Waals surface area contributed by atoms with Crippen molar-refractivity contribution < 1.29 is 9.59 Å². The highest BCUT2D eigenvalue weighted by molar-refractivity contribution is 7.14. The molecule has 2 amide bonds. The van der Waals surface area contributed by atoms with Crippen molar-refractivity contribution in [3.8, 4) is 0 Å². The van der Waals surface area contributed by atoms with Crippen LogP contribution in [0.4, 0.5) is 0 Å². The lowest BCUT2D eigenvalue weighted by Crippen LogP contribution is -2.33. The summed E-state index contributed by atoms with van der Waals surface area (Å²) in [4.78, 5) is 28.4. The summed E-state index contributed by atoms with van der Waals surface area (Å²) in [6.07, 6.45) is 2.41. The Morgan fingerprint density at radius 1 is 1.38 bits per heavy atom. The van der Waals surface area contributed by atoms with Gasteiger partial charge in [-0.25, -0.2) is 0 Å². The lowest BCUT2D eigenvalue weighted by Gasteiger charge is -2.21. The van der Waals surface area contributed by atoms with Crippen LogP contribution in [-0.2, 0) is 31.2 Å². The van der Waals surface area contributed by atoms with Gasteiger partial charge in [0.2, 0.25) is 5.91 Å². The van der Waals surface area contributed by atoms with Gasteiger partial charge in [0.1, 0.15) is 0 Å². The number of aryl methyl sites for hydroxylation is 3. The summed E-state index contributed by atoms with van der Waals surface area (Å²) in [6.45, 7) is 4.50. The zero-order valence-electron chi connectivity index (χ0n) is 16.0. The molecule has 6 nitrogen and oxygen atoms in total. The van der Waals surface area contributed by atoms with E-state index in [0.717, 1.165) is 40.2 Å². The summed E-state index contributed by atoms with van der Waals surface area (Å²) in [5.41, 5.74) is 4.28. The first-order valence-corrected chi connectivity index (χ1v) is 9.69. The topological polar surface area (TPSA) is 67.2 Å². The largest absolute Gasteiger partial charge is 0.352 e. The molecular weight excluding hydrogens is 348 g/mol. The van der Waals surface area contributed by atoms with Gasteiger partial charge in [-0.15, -0.1) is 11.3 Å². The van der Waals surface area contributed by atoms with Crippen LogP contribution >= 0.6 is 11.3 Å². The number of fused-ring (bicyclic) bond motifs is 1. The van der Waals surface area contributed by atoms with Crippen LogP contribution in [0.15, 0.2) is 6.07 Å². The SMILES string of the molecule is Cc1nn(C)c(C)c1CNC(=O)[C@@H]1CCc2sc(C(=O)N(C)C)cc2C1. The van der Waals surface area contributed by atoms with Gasteiger partial charge in [0, 0.05) is 49.7 Å². The first-order chi connectivity index (χ1) is 12.3. The molecule has 0 saturated carbocycles. The first-order valence-electron chi connectivity index (χ1n) is 8.88. The third kappa shape index (κ3) is 3.53. The van der Waals surface area contributed by atoms with Crippen LogP contribution < -0.4 is 5.32 Å². The third-order valence-corrected chi connectivity index (χ3v) is 6.39. The number of nitrogens with zero attached hydrogens (tertiary/aromatic N) is 3. The molecule has 3 rings (SSSR count). The number of hydrogen-bond donors (Lipinski definition) is 1. The quantitative estimate of drug-likeness (QED) is 0.892. The Bertz CT molecular complexity index is 850. The molecule has 0 spiro atoms. The predicted molar refractivity (Wildman–Crippen MR) is 102 cm³/mol. The Morgan fingerprint density at radius 3 is 2.73 bits per heavy atom. The molecule has 1 N–H and O–H groups in total. The van der Waals surface area contributed by atoms with Crippen molar-refractivity contribution in [3.05, 3.63) is 38.3 Å². The van der Waals surface area contributed by atoms with Crippen molar-refractivity contribution in [2.75, 3.05) is 14.1 Å². The highest BCUT2D eigenvalue weighted by atomic mass is 32.1. The molecule has 0 unspecified atom stereocenters. The number of nitrogens with one attached hydrogen (secondary N) is 1. The summed E-state index contributed by atoms with van der Waals surface area (Å²) in [7, 11) is 5.44. The van der Waals surface area contributed by atoms with Crippen LogP contribution in [0.5, 0.6) is 0 Å². The Balaban J connectivity index is 1.65. The monoisotopic (exact) mass is 374 g/mol. The van der Waals surface area contributed by atoms with E-state index in [1.165, 1.54) is 4.88 Å². The van der Waals surface area contributed by atoms with E-state index in [0.29, 0.717) is 13.0 Å². The van der Waals surface area contributed by atoms with E-state index in [-0.39, 0.29) is 17.7 Å². The molecule has 26 heavy (non-hydrogen) atoms. The number of carbonyl (C=O) groups is 2. The number of hydrogen-bond acceptors (Lipinski definition) is 4. The van der Waals surface area contributed by atoms with E-state index in [4.69, 9.17) is 0 Å². The molecule has 1 aliphatic rings. The van der Waals surface area contributed by atoms with Gasteiger partial charge in [-0.2, -0.15) is 5.10 Å². The zero-order chi connectivity index (χ0) is 19.0. The van der Waals surface area contributed by atoms with Gasteiger partial charge in [0.15, 0.2) is 0 Å². The van der Waals surface area contributed by atoms with Gasteiger partial charge >= 0.3 is 0 Å². The fourth-order valence-electron chi connectivity index (χ4n) is 3.47. The number of thiophene rings is 1. The fraction of sp³-hybridized carbons (Fsp3) is 0.526. The molecule has 2 aromatic heterocycles. The Labute approximate surface area is 158 Å². The standard InChI is InChI=1S/C19H26N4O2S/c1-11-15(12(2)23(5)21-11)10-20-18(24)13-6-7-16-14(8-13)9-17(26-16)19(25)22(3)4/h9,13H,6-8,10H2,1-5H3,(H,20,24)/t13-/m1/s1. The Morgan fingerprint density at radius 2 is 2.12 bits per heavy atom. The van der Waals surface area contributed by atoms with Crippen molar-refractivity contribution in [3.63, 3.8) is 0 Å². The second kappa shape index (κ2) is 7.23. The fourth-order valence-corrected chi connectivity index (χ4v) is 4.70. The Kier molecular flexibility index (Phi) is 5.18. The zero-order valence-corrected chi connectivity index (χ0v) is 16.9. The normalized spacial score (nSPS) is 16.3. The number of carbonyl (C=O) groups excluding carboxylic acids is 2. The van der Waals surface area contributed by atoms with Gasteiger partial charge in [-0.1, -0.05) is 0 Å². The third-order valence-electron chi connectivity index (χ3n) is 5.17. The Hall–Kier alpha value is -2.15. The molecule has 0 bridgehead atoms. The predicted octanol–water partition coefficient (Wildman–Crippen LogP) is 2.22. The average Bonchev–Trinajstić information content (AvgIpc) is 3.12. The van der Waals surface area contributed by atoms with Crippen molar-refractivity contribution in [2.45, 2.75) is 39.7 Å². The van der Waals surface area contributed by atoms with E-state index >= 15 is 0 Å². The molecule has 140 valence electrons. The van der Waals surface area contributed by atoms with Crippen LogP contribution in [0, 0.1) is 19.8 Å². The molecule has 7 heteroatoms. The smallest absolute Gasteiger partial charge is 0.263 e. The molecule has 2 heterocycles. The molecule has 2 aromatic rings. The summed E-state index contributed by atoms with van der Waals surface area (Å²) in [6, 6.07) is 1.97. The number of amides is 2. The minimum atomic E-state index is -0.0308. The highest BCUT2D eigenvalue weighted by Crippen LogP contribution is 2.33. The molecule has 1 atom stereocenters. The maximum absolute atomic E-state index is 12.6. The van der Waals surface area contributed by atoms with Crippen molar-refractivity contribution in [1.29, 1.82) is 0 Å². The lowest BCUT2D eigenvalue weighted by atomic mass is 9.87. The van der Waals surface area contributed by atoms with Crippen LogP contribution in [0.2, 0.25) is 0 Å². The van der Waals surface area contributed by atoms with Gasteiger partial charge in [0.05, 0.1) is 10.6 Å².